The van der Waals surface area contributed by atoms with Crippen molar-refractivity contribution in [3.05, 3.63) is 83.9 Å². The molecule has 0 aromatic heterocycles. The minimum Gasteiger partial charge on any atom is -0.444 e. The number of ether oxygens (including phenoxy) is 1. The van der Waals surface area contributed by atoms with Gasteiger partial charge in [0.25, 0.3) is 0 Å². The maximum absolute atomic E-state index is 14.1. The summed E-state index contributed by atoms with van der Waals surface area (Å²) in [5.74, 6) is 1.76. The highest BCUT2D eigenvalue weighted by Gasteiger charge is 2.37. The van der Waals surface area contributed by atoms with Crippen molar-refractivity contribution in [2.75, 3.05) is 6.54 Å². The van der Waals surface area contributed by atoms with Crippen LogP contribution in [-0.4, -0.2) is 47.0 Å². The molecular weight excluding hydrogens is 466 g/mol. The van der Waals surface area contributed by atoms with Gasteiger partial charge in [-0.1, -0.05) is 60.5 Å². The van der Waals surface area contributed by atoms with Gasteiger partial charge >= 0.3 is 6.09 Å². The molecule has 3 amide bonds. The van der Waals surface area contributed by atoms with Crippen molar-refractivity contribution in [3.63, 3.8) is 0 Å². The van der Waals surface area contributed by atoms with Crippen molar-refractivity contribution in [2.24, 2.45) is 0 Å². The van der Waals surface area contributed by atoms with Crippen LogP contribution in [-0.2, 0) is 20.7 Å². The van der Waals surface area contributed by atoms with E-state index >= 15 is 0 Å². The molecule has 0 aliphatic carbocycles. The van der Waals surface area contributed by atoms with Crippen LogP contribution < -0.4 is 10.6 Å². The van der Waals surface area contributed by atoms with Crippen molar-refractivity contribution in [3.8, 4) is 12.3 Å². The lowest BCUT2D eigenvalue weighted by Gasteiger charge is -2.34. The molecule has 196 valence electrons. The molecule has 2 atom stereocenters. The second-order valence-corrected chi connectivity index (χ2v) is 9.97. The number of nitrogens with zero attached hydrogens (tertiary/aromatic N) is 1. The minimum atomic E-state index is -1.04. The maximum Gasteiger partial charge on any atom is 0.408 e. The number of terminal acetylenes is 1. The Morgan fingerprint density at radius 2 is 1.68 bits per heavy atom. The third-order valence-electron chi connectivity index (χ3n) is 5.28. The standard InChI is InChI=1S/C30H37N3O4/c1-8-19-33(26(27(34)31-21(3)4)24-18-14-13-17-23(24)9-2)28(35)25(20-22-15-11-10-12-16-22)32-29(36)37-30(5,6)7/h2,8,10-18,21,25-26H,1,19-20H2,3-7H3,(H,31,34)(H,32,36). The van der Waals surface area contributed by atoms with Gasteiger partial charge in [0.1, 0.15) is 17.7 Å². The third-order valence-corrected chi connectivity index (χ3v) is 5.28. The predicted octanol–water partition coefficient (Wildman–Crippen LogP) is 4.38. The van der Waals surface area contributed by atoms with Gasteiger partial charge < -0.3 is 20.3 Å². The van der Waals surface area contributed by atoms with Gasteiger partial charge in [-0.15, -0.1) is 13.0 Å². The van der Waals surface area contributed by atoms with E-state index in [4.69, 9.17) is 11.2 Å². The highest BCUT2D eigenvalue weighted by Crippen LogP contribution is 2.26. The first-order chi connectivity index (χ1) is 17.5. The molecule has 2 unspecified atom stereocenters. The Kier molecular flexibility index (Phi) is 10.5. The summed E-state index contributed by atoms with van der Waals surface area (Å²) in [6, 6.07) is 14.1. The molecule has 0 bridgehead atoms. The van der Waals surface area contributed by atoms with Crippen molar-refractivity contribution >= 4 is 17.9 Å². The largest absolute Gasteiger partial charge is 0.444 e. The Morgan fingerprint density at radius 3 is 2.24 bits per heavy atom. The number of hydrogen-bond acceptors (Lipinski definition) is 4. The number of amides is 3. The fourth-order valence-electron chi connectivity index (χ4n) is 3.84. The molecule has 0 heterocycles. The molecule has 0 saturated heterocycles. The quantitative estimate of drug-likeness (QED) is 0.372. The van der Waals surface area contributed by atoms with Gasteiger partial charge in [0, 0.05) is 24.6 Å². The fraction of sp³-hybridized carbons (Fsp3) is 0.367. The van der Waals surface area contributed by atoms with E-state index in [-0.39, 0.29) is 24.9 Å². The Morgan fingerprint density at radius 1 is 1.05 bits per heavy atom. The Labute approximate surface area is 220 Å². The van der Waals surface area contributed by atoms with Crippen LogP contribution in [0.1, 0.15) is 57.4 Å². The van der Waals surface area contributed by atoms with Gasteiger partial charge in [0.2, 0.25) is 11.8 Å². The number of alkyl carbamates (subject to hydrolysis) is 1. The molecule has 2 aromatic rings. The average Bonchev–Trinajstić information content (AvgIpc) is 2.82. The van der Waals surface area contributed by atoms with Crippen LogP contribution in [0.4, 0.5) is 4.79 Å². The van der Waals surface area contributed by atoms with Crippen LogP contribution in [0.15, 0.2) is 67.3 Å². The molecule has 0 fully saturated rings. The molecule has 0 radical (unpaired) electrons. The normalized spacial score (nSPS) is 12.6. The Bertz CT molecular complexity index is 1130. The number of nitrogens with one attached hydrogen (secondary N) is 2. The maximum atomic E-state index is 14.1. The van der Waals surface area contributed by atoms with Gasteiger partial charge in [-0.05, 0) is 51.8 Å². The molecule has 7 heteroatoms. The molecule has 37 heavy (non-hydrogen) atoms. The number of carbonyl (C=O) groups is 3. The highest BCUT2D eigenvalue weighted by atomic mass is 16.6. The van der Waals surface area contributed by atoms with Crippen molar-refractivity contribution in [1.82, 2.24) is 15.5 Å². The first kappa shape index (κ1) is 29.2. The first-order valence-electron chi connectivity index (χ1n) is 12.3. The van der Waals surface area contributed by atoms with Crippen molar-refractivity contribution in [2.45, 2.75) is 64.8 Å². The molecule has 2 rings (SSSR count). The number of hydrogen-bond donors (Lipinski definition) is 2. The van der Waals surface area contributed by atoms with Crippen LogP contribution >= 0.6 is 0 Å². The van der Waals surface area contributed by atoms with Gasteiger partial charge in [-0.2, -0.15) is 0 Å². The summed E-state index contributed by atoms with van der Waals surface area (Å²) in [4.78, 5) is 41.8. The topological polar surface area (TPSA) is 87.7 Å². The molecule has 7 nitrogen and oxygen atoms in total. The van der Waals surface area contributed by atoms with Crippen LogP contribution in [0, 0.1) is 12.3 Å². The van der Waals surface area contributed by atoms with Gasteiger partial charge in [-0.3, -0.25) is 9.59 Å². The second-order valence-electron chi connectivity index (χ2n) is 9.97. The molecule has 0 aliphatic rings. The summed E-state index contributed by atoms with van der Waals surface area (Å²) in [6.45, 7) is 12.8. The van der Waals surface area contributed by atoms with Crippen molar-refractivity contribution in [1.29, 1.82) is 0 Å². The zero-order chi connectivity index (χ0) is 27.6. The van der Waals surface area contributed by atoms with E-state index in [0.29, 0.717) is 11.1 Å². The zero-order valence-electron chi connectivity index (χ0n) is 22.3. The van der Waals surface area contributed by atoms with Crippen molar-refractivity contribution < 1.29 is 19.1 Å². The first-order valence-corrected chi connectivity index (χ1v) is 12.3. The Balaban J connectivity index is 2.57. The summed E-state index contributed by atoms with van der Waals surface area (Å²) in [5, 5.41) is 5.62. The van der Waals surface area contributed by atoms with Gasteiger partial charge in [0.05, 0.1) is 0 Å². The SMILES string of the molecule is C#Cc1ccccc1C(C(=O)NC(C)C)N(CC=C)C(=O)C(Cc1ccccc1)NC(=O)OC(C)(C)C. The lowest BCUT2D eigenvalue weighted by Crippen LogP contribution is -2.54. The Hall–Kier alpha value is -4.05. The monoisotopic (exact) mass is 503 g/mol. The third kappa shape index (κ3) is 8.84. The van der Waals surface area contributed by atoms with Crippen LogP contribution in [0.2, 0.25) is 0 Å². The molecular formula is C30H37N3O4. The predicted molar refractivity (Wildman–Crippen MR) is 146 cm³/mol. The smallest absolute Gasteiger partial charge is 0.408 e. The lowest BCUT2D eigenvalue weighted by molar-refractivity contribution is -0.142. The van der Waals surface area contributed by atoms with E-state index in [1.807, 2.05) is 44.2 Å². The summed E-state index contributed by atoms with van der Waals surface area (Å²) >= 11 is 0. The van der Waals surface area contributed by atoms with E-state index in [0.717, 1.165) is 5.56 Å². The molecule has 2 N–H and O–H groups in total. The molecule has 0 spiro atoms. The minimum absolute atomic E-state index is 0.0508. The molecule has 0 saturated carbocycles. The number of benzene rings is 2. The highest BCUT2D eigenvalue weighted by molar-refractivity contribution is 5.93. The number of rotatable bonds is 10. The summed E-state index contributed by atoms with van der Waals surface area (Å²) in [5.41, 5.74) is 1.08. The molecule has 2 aromatic carbocycles. The van der Waals surface area contributed by atoms with Crippen LogP contribution in [0.3, 0.4) is 0 Å². The zero-order valence-corrected chi connectivity index (χ0v) is 22.3. The lowest BCUT2D eigenvalue weighted by atomic mass is 9.96. The molecule has 0 aliphatic heterocycles. The van der Waals surface area contributed by atoms with E-state index in [9.17, 15) is 14.4 Å². The summed E-state index contributed by atoms with van der Waals surface area (Å²) < 4.78 is 5.43. The summed E-state index contributed by atoms with van der Waals surface area (Å²) in [6.07, 6.45) is 6.76. The van der Waals surface area contributed by atoms with Gasteiger partial charge in [-0.25, -0.2) is 4.79 Å². The second kappa shape index (κ2) is 13.3. The summed E-state index contributed by atoms with van der Waals surface area (Å²) in [7, 11) is 0. The van der Waals surface area contributed by atoms with E-state index in [2.05, 4.69) is 23.1 Å². The fourth-order valence-corrected chi connectivity index (χ4v) is 3.84. The number of carbonyl (C=O) groups excluding carboxylic acids is 3. The van der Waals surface area contributed by atoms with Crippen LogP contribution in [0.5, 0.6) is 0 Å². The van der Waals surface area contributed by atoms with E-state index in [1.54, 1.807) is 51.1 Å². The average molecular weight is 504 g/mol. The van der Waals surface area contributed by atoms with Crippen LogP contribution in [0.25, 0.3) is 0 Å². The van der Waals surface area contributed by atoms with E-state index < -0.39 is 29.7 Å². The van der Waals surface area contributed by atoms with E-state index in [1.165, 1.54) is 4.90 Å². The van der Waals surface area contributed by atoms with Gasteiger partial charge in [0.15, 0.2) is 0 Å².